The number of carbonyl (C=O) groups is 3. The number of amides is 3. The zero-order valence-corrected chi connectivity index (χ0v) is 15.4. The molecule has 0 bridgehead atoms. The number of methoxy groups -OCH3 is 1. The lowest BCUT2D eigenvalue weighted by Crippen LogP contribution is -2.46. The number of nitrogens with one attached hydrogen (secondary N) is 2. The normalized spacial score (nSPS) is 14.4. The number of ether oxygens (including phenoxy) is 2. The van der Waals surface area contributed by atoms with E-state index in [1.54, 1.807) is 18.2 Å². The first kappa shape index (κ1) is 20.0. The van der Waals surface area contributed by atoms with Crippen LogP contribution in [0.15, 0.2) is 18.2 Å². The van der Waals surface area contributed by atoms with E-state index < -0.39 is 24.5 Å². The fourth-order valence-electron chi connectivity index (χ4n) is 2.87. The number of hydrogen-bond donors (Lipinski definition) is 2. The van der Waals surface area contributed by atoms with Crippen LogP contribution in [0.3, 0.4) is 0 Å². The Morgan fingerprint density at radius 3 is 2.62 bits per heavy atom. The second-order valence-corrected chi connectivity index (χ2v) is 6.59. The van der Waals surface area contributed by atoms with Crippen LogP contribution in [0, 0.1) is 0 Å². The molecule has 1 aromatic rings. The SMILES string of the molecule is COc1ccc(Cl)cc1CC(=O)OCC(=O)NC(=O)NC1CCCCC1. The van der Waals surface area contributed by atoms with Crippen molar-refractivity contribution in [1.82, 2.24) is 10.6 Å². The topological polar surface area (TPSA) is 93.7 Å². The predicted molar refractivity (Wildman–Crippen MR) is 96.2 cm³/mol. The minimum atomic E-state index is -0.676. The number of halogens is 1. The molecule has 0 radical (unpaired) electrons. The van der Waals surface area contributed by atoms with Crippen LogP contribution in [-0.2, 0) is 20.7 Å². The number of esters is 1. The molecule has 0 heterocycles. The van der Waals surface area contributed by atoms with Gasteiger partial charge in [-0.05, 0) is 31.0 Å². The third kappa shape index (κ3) is 6.55. The molecule has 2 rings (SSSR count). The summed E-state index contributed by atoms with van der Waals surface area (Å²) in [7, 11) is 1.48. The Kier molecular flexibility index (Phi) is 7.72. The van der Waals surface area contributed by atoms with Crippen molar-refractivity contribution in [2.45, 2.75) is 44.6 Å². The number of hydrogen-bond acceptors (Lipinski definition) is 5. The molecule has 1 fully saturated rings. The van der Waals surface area contributed by atoms with Crippen LogP contribution in [0.25, 0.3) is 0 Å². The maximum atomic E-state index is 11.9. The number of carbonyl (C=O) groups excluding carboxylic acids is 3. The average Bonchev–Trinajstić information content (AvgIpc) is 2.61. The number of imide groups is 1. The van der Waals surface area contributed by atoms with Gasteiger partial charge in [-0.3, -0.25) is 14.9 Å². The van der Waals surface area contributed by atoms with E-state index in [-0.39, 0.29) is 12.5 Å². The second-order valence-electron chi connectivity index (χ2n) is 6.15. The highest BCUT2D eigenvalue weighted by Gasteiger charge is 2.18. The molecule has 1 saturated carbocycles. The van der Waals surface area contributed by atoms with E-state index in [1.807, 2.05) is 0 Å². The minimum Gasteiger partial charge on any atom is -0.496 e. The zero-order chi connectivity index (χ0) is 18.9. The van der Waals surface area contributed by atoms with Crippen molar-refractivity contribution in [3.63, 3.8) is 0 Å². The van der Waals surface area contributed by atoms with E-state index in [0.29, 0.717) is 16.3 Å². The number of benzene rings is 1. The molecular formula is C18H23ClN2O5. The van der Waals surface area contributed by atoms with Crippen molar-refractivity contribution < 1.29 is 23.9 Å². The van der Waals surface area contributed by atoms with Crippen molar-refractivity contribution in [1.29, 1.82) is 0 Å². The quantitative estimate of drug-likeness (QED) is 0.737. The molecule has 1 aliphatic carbocycles. The van der Waals surface area contributed by atoms with Gasteiger partial charge < -0.3 is 14.8 Å². The molecule has 0 aliphatic heterocycles. The van der Waals surface area contributed by atoms with Gasteiger partial charge in [0.25, 0.3) is 5.91 Å². The standard InChI is InChI=1S/C18H23ClN2O5/c1-25-15-8-7-13(19)9-12(15)10-17(23)26-11-16(22)21-18(24)20-14-5-3-2-4-6-14/h7-9,14H,2-6,10-11H2,1H3,(H2,20,21,22,24). The Balaban J connectivity index is 1.73. The summed E-state index contributed by atoms with van der Waals surface area (Å²) in [5, 5.41) is 5.39. The van der Waals surface area contributed by atoms with Gasteiger partial charge in [0.2, 0.25) is 0 Å². The summed E-state index contributed by atoms with van der Waals surface area (Å²) in [5.41, 5.74) is 0.556. The summed E-state index contributed by atoms with van der Waals surface area (Å²) in [6, 6.07) is 4.42. The zero-order valence-electron chi connectivity index (χ0n) is 14.7. The number of rotatable bonds is 6. The molecule has 3 amide bonds. The highest BCUT2D eigenvalue weighted by Crippen LogP contribution is 2.23. The van der Waals surface area contributed by atoms with Crippen molar-refractivity contribution in [2.75, 3.05) is 13.7 Å². The first-order valence-corrected chi connectivity index (χ1v) is 8.94. The second kappa shape index (κ2) is 10.0. The molecule has 0 aromatic heterocycles. The lowest BCUT2D eigenvalue weighted by atomic mass is 9.96. The summed E-state index contributed by atoms with van der Waals surface area (Å²) < 4.78 is 10.1. The van der Waals surface area contributed by atoms with Crippen LogP contribution in [0.1, 0.15) is 37.7 Å². The Morgan fingerprint density at radius 2 is 1.92 bits per heavy atom. The molecule has 0 unspecified atom stereocenters. The summed E-state index contributed by atoms with van der Waals surface area (Å²) in [5.74, 6) is -0.791. The monoisotopic (exact) mass is 382 g/mol. The van der Waals surface area contributed by atoms with Gasteiger partial charge in [-0.2, -0.15) is 0 Å². The third-order valence-corrected chi connectivity index (χ3v) is 4.37. The Bertz CT molecular complexity index is 659. The van der Waals surface area contributed by atoms with E-state index in [2.05, 4.69) is 10.6 Å². The Labute approximate surface area is 157 Å². The molecule has 2 N–H and O–H groups in total. The molecule has 0 saturated heterocycles. The Morgan fingerprint density at radius 1 is 1.19 bits per heavy atom. The third-order valence-electron chi connectivity index (χ3n) is 4.13. The lowest BCUT2D eigenvalue weighted by molar-refractivity contribution is -0.147. The Hall–Kier alpha value is -2.28. The van der Waals surface area contributed by atoms with E-state index in [4.69, 9.17) is 21.1 Å². The van der Waals surface area contributed by atoms with Crippen LogP contribution >= 0.6 is 11.6 Å². The van der Waals surface area contributed by atoms with Gasteiger partial charge in [-0.25, -0.2) is 4.79 Å². The first-order chi connectivity index (χ1) is 12.5. The lowest BCUT2D eigenvalue weighted by Gasteiger charge is -2.22. The largest absolute Gasteiger partial charge is 0.496 e. The molecule has 0 spiro atoms. The molecule has 7 nitrogen and oxygen atoms in total. The summed E-state index contributed by atoms with van der Waals surface area (Å²) in [6.07, 6.45) is 5.06. The molecule has 1 aliphatic rings. The summed E-state index contributed by atoms with van der Waals surface area (Å²) in [4.78, 5) is 35.4. The van der Waals surface area contributed by atoms with Gasteiger partial charge in [-0.15, -0.1) is 0 Å². The van der Waals surface area contributed by atoms with Crippen molar-refractivity contribution in [2.24, 2.45) is 0 Å². The van der Waals surface area contributed by atoms with Gasteiger partial charge in [-0.1, -0.05) is 30.9 Å². The van der Waals surface area contributed by atoms with Crippen LogP contribution in [0.4, 0.5) is 4.79 Å². The van der Waals surface area contributed by atoms with E-state index in [0.717, 1.165) is 25.7 Å². The van der Waals surface area contributed by atoms with Crippen LogP contribution < -0.4 is 15.4 Å². The van der Waals surface area contributed by atoms with E-state index >= 15 is 0 Å². The van der Waals surface area contributed by atoms with Gasteiger partial charge in [0, 0.05) is 16.6 Å². The van der Waals surface area contributed by atoms with Crippen molar-refractivity contribution in [3.05, 3.63) is 28.8 Å². The highest BCUT2D eigenvalue weighted by molar-refractivity contribution is 6.30. The predicted octanol–water partition coefficient (Wildman–Crippen LogP) is 2.59. The fourth-order valence-corrected chi connectivity index (χ4v) is 3.06. The van der Waals surface area contributed by atoms with E-state index in [9.17, 15) is 14.4 Å². The molecule has 0 atom stereocenters. The molecule has 26 heavy (non-hydrogen) atoms. The maximum Gasteiger partial charge on any atom is 0.321 e. The molecular weight excluding hydrogens is 360 g/mol. The van der Waals surface area contributed by atoms with Gasteiger partial charge in [0.15, 0.2) is 6.61 Å². The molecule has 8 heteroatoms. The summed E-state index contributed by atoms with van der Waals surface area (Å²) >= 11 is 5.91. The van der Waals surface area contributed by atoms with Crippen LogP contribution in [0.5, 0.6) is 5.75 Å². The molecule has 142 valence electrons. The van der Waals surface area contributed by atoms with Crippen LogP contribution in [0.2, 0.25) is 5.02 Å². The fraction of sp³-hybridized carbons (Fsp3) is 0.500. The summed E-state index contributed by atoms with van der Waals surface area (Å²) in [6.45, 7) is -0.528. The number of urea groups is 1. The first-order valence-electron chi connectivity index (χ1n) is 8.56. The van der Waals surface area contributed by atoms with Crippen LogP contribution in [-0.4, -0.2) is 37.7 Å². The van der Waals surface area contributed by atoms with Gasteiger partial charge in [0.1, 0.15) is 5.75 Å². The van der Waals surface area contributed by atoms with E-state index in [1.165, 1.54) is 13.5 Å². The molecule has 1 aromatic carbocycles. The van der Waals surface area contributed by atoms with Crippen molar-refractivity contribution >= 4 is 29.5 Å². The van der Waals surface area contributed by atoms with Gasteiger partial charge >= 0.3 is 12.0 Å². The highest BCUT2D eigenvalue weighted by atomic mass is 35.5. The average molecular weight is 383 g/mol. The maximum absolute atomic E-state index is 11.9. The van der Waals surface area contributed by atoms with Crippen molar-refractivity contribution in [3.8, 4) is 5.75 Å². The van der Waals surface area contributed by atoms with Gasteiger partial charge in [0.05, 0.1) is 13.5 Å². The minimum absolute atomic E-state index is 0.0920. The smallest absolute Gasteiger partial charge is 0.321 e.